The summed E-state index contributed by atoms with van der Waals surface area (Å²) in [6.07, 6.45) is 23.0. The van der Waals surface area contributed by atoms with Crippen molar-refractivity contribution in [3.8, 4) is 0 Å². The fourth-order valence-electron chi connectivity index (χ4n) is 12.0. The van der Waals surface area contributed by atoms with Gasteiger partial charge in [0.15, 0.2) is 0 Å². The molecule has 4 aliphatic carbocycles. The Labute approximate surface area is 305 Å². The number of aliphatic hydroxyl groups excluding tert-OH is 2. The zero-order valence-electron chi connectivity index (χ0n) is 32.6. The highest BCUT2D eigenvalue weighted by Gasteiger charge is 2.59. The number of likely N-dealkylation sites (tertiary alicyclic amines) is 1. The standard InChI is InChI=1S/C43H74N2O5/c1-30(2)13-12-14-31(3)37-19-20-38-36-18-17-32-27-35(21-23-42(32,4)39(36)22-24-43(37,38)5)50-41(49)44-25-10-6-9-16-40(48)45-29-34(47)28-33(45)15-8-7-11-26-46/h17,30-31,33-39,46-47H,6-16,18-29H2,1-5H3,(H,44,49)/t31-,33-,34-,35+,36+,37-,38+,39+,42+,43-/m1/s1. The number of hydrogen-bond acceptors (Lipinski definition) is 5. The van der Waals surface area contributed by atoms with Crippen LogP contribution in [0.1, 0.15) is 163 Å². The van der Waals surface area contributed by atoms with Gasteiger partial charge in [-0.2, -0.15) is 0 Å². The van der Waals surface area contributed by atoms with Crippen LogP contribution in [0.5, 0.6) is 0 Å². The fourth-order valence-corrected chi connectivity index (χ4v) is 12.0. The summed E-state index contributed by atoms with van der Waals surface area (Å²) in [4.78, 5) is 27.5. The first-order valence-corrected chi connectivity index (χ1v) is 21.2. The largest absolute Gasteiger partial charge is 0.446 e. The van der Waals surface area contributed by atoms with Crippen LogP contribution in [0.3, 0.4) is 0 Å². The van der Waals surface area contributed by atoms with Crippen LogP contribution in [-0.2, 0) is 9.53 Å². The van der Waals surface area contributed by atoms with E-state index in [1.165, 1.54) is 51.4 Å². The minimum absolute atomic E-state index is 0.0349. The number of alkyl carbamates (subject to hydrolysis) is 1. The van der Waals surface area contributed by atoms with Gasteiger partial charge in [-0.25, -0.2) is 4.79 Å². The maximum atomic E-state index is 12.9. The normalized spacial score (nSPS) is 35.6. The Hall–Kier alpha value is -1.60. The van der Waals surface area contributed by atoms with E-state index in [9.17, 15) is 14.7 Å². The van der Waals surface area contributed by atoms with E-state index < -0.39 is 6.10 Å². The average molecular weight is 699 g/mol. The number of nitrogens with one attached hydrogen (secondary N) is 1. The van der Waals surface area contributed by atoms with E-state index in [0.717, 1.165) is 99.7 Å². The summed E-state index contributed by atoms with van der Waals surface area (Å²) < 4.78 is 5.99. The van der Waals surface area contributed by atoms with Crippen molar-refractivity contribution in [2.24, 2.45) is 46.3 Å². The Kier molecular flexibility index (Phi) is 14.2. The van der Waals surface area contributed by atoms with E-state index in [0.29, 0.717) is 31.3 Å². The summed E-state index contributed by atoms with van der Waals surface area (Å²) in [7, 11) is 0. The zero-order chi connectivity index (χ0) is 35.9. The van der Waals surface area contributed by atoms with Crippen molar-refractivity contribution in [1.82, 2.24) is 10.2 Å². The van der Waals surface area contributed by atoms with Gasteiger partial charge >= 0.3 is 6.09 Å². The minimum atomic E-state index is -0.428. The number of β-amino-alcohol motifs (C(OH)–C–C–N with tert-alkyl or cyclic N) is 1. The maximum absolute atomic E-state index is 12.9. The SMILES string of the molecule is CC(C)CCC[C@@H](C)[C@H]1CC[C@H]2[C@@H]3CC=C4C[C@@H](OC(=O)NCCCCCC(=O)N5C[C@H](O)C[C@H]5CCCCCO)CC[C@]4(C)[C@H]3CC[C@]12C. The second kappa shape index (κ2) is 18.0. The fraction of sp³-hybridized carbons (Fsp3) is 0.907. The summed E-state index contributed by atoms with van der Waals surface area (Å²) in [6.45, 7) is 13.7. The molecule has 286 valence electrons. The number of amides is 2. The number of nitrogens with zero attached hydrogens (tertiary/aromatic N) is 1. The third kappa shape index (κ3) is 9.30. The molecule has 2 amide bonds. The van der Waals surface area contributed by atoms with Crippen LogP contribution in [0.2, 0.25) is 0 Å². The highest BCUT2D eigenvalue weighted by Crippen LogP contribution is 2.67. The molecule has 4 fully saturated rings. The van der Waals surface area contributed by atoms with Gasteiger partial charge < -0.3 is 25.2 Å². The zero-order valence-corrected chi connectivity index (χ0v) is 32.6. The molecule has 0 radical (unpaired) electrons. The number of carbonyl (C=O) groups is 2. The smallest absolute Gasteiger partial charge is 0.407 e. The number of ether oxygens (including phenoxy) is 1. The summed E-state index contributed by atoms with van der Waals surface area (Å²) >= 11 is 0. The third-order valence-corrected chi connectivity index (χ3v) is 14.8. The molecule has 0 aromatic rings. The van der Waals surface area contributed by atoms with E-state index in [-0.39, 0.29) is 36.2 Å². The summed E-state index contributed by atoms with van der Waals surface area (Å²) in [6, 6.07) is 0.118. The first-order valence-electron chi connectivity index (χ1n) is 21.2. The molecule has 3 saturated carbocycles. The second-order valence-electron chi connectivity index (χ2n) is 18.5. The molecule has 0 bridgehead atoms. The number of fused-ring (bicyclic) bond motifs is 5. The van der Waals surface area contributed by atoms with Gasteiger partial charge in [0.1, 0.15) is 6.10 Å². The Morgan fingerprint density at radius 3 is 2.54 bits per heavy atom. The van der Waals surface area contributed by atoms with Gasteiger partial charge in [-0.3, -0.25) is 4.79 Å². The van der Waals surface area contributed by atoms with Crippen LogP contribution < -0.4 is 5.32 Å². The molecule has 50 heavy (non-hydrogen) atoms. The molecule has 7 heteroatoms. The van der Waals surface area contributed by atoms with Crippen molar-refractivity contribution in [2.75, 3.05) is 19.7 Å². The van der Waals surface area contributed by atoms with Gasteiger partial charge in [0, 0.05) is 38.6 Å². The van der Waals surface area contributed by atoms with Crippen LogP contribution in [0.25, 0.3) is 0 Å². The Morgan fingerprint density at radius 2 is 1.76 bits per heavy atom. The molecule has 1 saturated heterocycles. The van der Waals surface area contributed by atoms with E-state index in [1.54, 1.807) is 5.57 Å². The predicted molar refractivity (Wildman–Crippen MR) is 201 cm³/mol. The second-order valence-corrected chi connectivity index (χ2v) is 18.5. The number of allylic oxidation sites excluding steroid dienone is 1. The van der Waals surface area contributed by atoms with E-state index in [2.05, 4.69) is 46.0 Å². The third-order valence-electron chi connectivity index (χ3n) is 14.8. The van der Waals surface area contributed by atoms with Gasteiger partial charge in [-0.15, -0.1) is 0 Å². The molecular formula is C43H74N2O5. The summed E-state index contributed by atoms with van der Waals surface area (Å²) in [5, 5.41) is 22.1. The van der Waals surface area contributed by atoms with Crippen LogP contribution in [-0.4, -0.2) is 65.1 Å². The van der Waals surface area contributed by atoms with Crippen LogP contribution >= 0.6 is 0 Å². The Morgan fingerprint density at radius 1 is 0.960 bits per heavy atom. The number of rotatable bonds is 17. The van der Waals surface area contributed by atoms with Crippen LogP contribution in [0.4, 0.5) is 4.79 Å². The monoisotopic (exact) mass is 699 g/mol. The number of aliphatic hydroxyl groups is 2. The highest BCUT2D eigenvalue weighted by atomic mass is 16.6. The first-order chi connectivity index (χ1) is 24.0. The van der Waals surface area contributed by atoms with E-state index in [1.807, 2.05) is 4.90 Å². The lowest BCUT2D eigenvalue weighted by atomic mass is 9.47. The molecule has 0 unspecified atom stereocenters. The molecule has 0 aromatic carbocycles. The van der Waals surface area contributed by atoms with E-state index in [4.69, 9.17) is 9.84 Å². The number of carbonyl (C=O) groups excluding carboxylic acids is 2. The Balaban J connectivity index is 1.01. The van der Waals surface area contributed by atoms with Crippen molar-refractivity contribution in [2.45, 2.75) is 181 Å². The van der Waals surface area contributed by atoms with Crippen LogP contribution in [0, 0.1) is 46.3 Å². The molecule has 0 spiro atoms. The minimum Gasteiger partial charge on any atom is -0.446 e. The van der Waals surface area contributed by atoms with Crippen molar-refractivity contribution < 1.29 is 24.5 Å². The van der Waals surface area contributed by atoms with Gasteiger partial charge in [-0.1, -0.05) is 84.8 Å². The lowest BCUT2D eigenvalue weighted by molar-refractivity contribution is -0.132. The summed E-state index contributed by atoms with van der Waals surface area (Å²) in [5.74, 6) is 5.13. The van der Waals surface area contributed by atoms with E-state index >= 15 is 0 Å². The van der Waals surface area contributed by atoms with Gasteiger partial charge in [0.05, 0.1) is 6.10 Å². The van der Waals surface area contributed by atoms with Crippen molar-refractivity contribution in [3.05, 3.63) is 11.6 Å². The molecular weight excluding hydrogens is 624 g/mol. The van der Waals surface area contributed by atoms with Crippen molar-refractivity contribution in [1.29, 1.82) is 0 Å². The maximum Gasteiger partial charge on any atom is 0.407 e. The lowest BCUT2D eigenvalue weighted by Gasteiger charge is -2.58. The molecule has 5 rings (SSSR count). The molecule has 1 aliphatic heterocycles. The topological polar surface area (TPSA) is 99.1 Å². The highest BCUT2D eigenvalue weighted by molar-refractivity contribution is 5.76. The van der Waals surface area contributed by atoms with Crippen LogP contribution in [0.15, 0.2) is 11.6 Å². The first kappa shape index (κ1) is 39.6. The molecule has 7 nitrogen and oxygen atoms in total. The van der Waals surface area contributed by atoms with Gasteiger partial charge in [0.2, 0.25) is 5.91 Å². The van der Waals surface area contributed by atoms with Crippen molar-refractivity contribution in [3.63, 3.8) is 0 Å². The van der Waals surface area contributed by atoms with Gasteiger partial charge in [0.25, 0.3) is 0 Å². The molecule has 10 atom stereocenters. The quantitative estimate of drug-likeness (QED) is 0.104. The number of unbranched alkanes of at least 4 members (excludes halogenated alkanes) is 4. The number of hydrogen-bond donors (Lipinski definition) is 3. The Bertz CT molecular complexity index is 1140. The predicted octanol–water partition coefficient (Wildman–Crippen LogP) is 9.20. The molecule has 0 aromatic heterocycles. The summed E-state index contributed by atoms with van der Waals surface area (Å²) in [5.41, 5.74) is 2.33. The van der Waals surface area contributed by atoms with Gasteiger partial charge in [-0.05, 0) is 123 Å². The van der Waals surface area contributed by atoms with Crippen molar-refractivity contribution >= 4 is 12.0 Å². The lowest BCUT2D eigenvalue weighted by Crippen LogP contribution is -2.51. The molecule has 3 N–H and O–H groups in total. The average Bonchev–Trinajstić information content (AvgIpc) is 3.63. The molecule has 5 aliphatic rings. The molecule has 1 heterocycles.